The molecule has 0 aliphatic carbocycles. The number of nitrogens with one attached hydrogen (secondary N) is 1. The highest BCUT2D eigenvalue weighted by atomic mass is 32.1. The standard InChI is InChI=1S/C14H15N3S2/c1-3-10(11-5-4-6-18-11)17-14-13-12(15-8-16-14)9(2)7-19-13/h4-8,10H,3H2,1-2H3,(H,15,16,17). The van der Waals surface area contributed by atoms with E-state index in [2.05, 4.69) is 52.0 Å². The topological polar surface area (TPSA) is 37.8 Å². The Morgan fingerprint density at radius 2 is 2.21 bits per heavy atom. The number of aromatic nitrogens is 2. The first-order valence-electron chi connectivity index (χ1n) is 6.28. The van der Waals surface area contributed by atoms with E-state index in [0.29, 0.717) is 6.04 Å². The monoisotopic (exact) mass is 289 g/mol. The third kappa shape index (κ3) is 2.35. The number of fused-ring (bicyclic) bond motifs is 1. The van der Waals surface area contributed by atoms with Crippen molar-refractivity contribution in [2.24, 2.45) is 0 Å². The second-order valence-corrected chi connectivity index (χ2v) is 6.30. The van der Waals surface area contributed by atoms with Crippen LogP contribution in [0.3, 0.4) is 0 Å². The van der Waals surface area contributed by atoms with E-state index in [1.54, 1.807) is 29.0 Å². The molecule has 0 aliphatic heterocycles. The predicted molar refractivity (Wildman–Crippen MR) is 83.1 cm³/mol. The molecule has 1 unspecified atom stereocenters. The van der Waals surface area contributed by atoms with Crippen molar-refractivity contribution in [3.8, 4) is 0 Å². The molecule has 0 bridgehead atoms. The molecule has 5 heteroatoms. The lowest BCUT2D eigenvalue weighted by molar-refractivity contribution is 0.760. The number of anilines is 1. The largest absolute Gasteiger partial charge is 0.361 e. The molecule has 3 nitrogen and oxygen atoms in total. The van der Waals surface area contributed by atoms with E-state index in [4.69, 9.17) is 0 Å². The summed E-state index contributed by atoms with van der Waals surface area (Å²) >= 11 is 3.49. The lowest BCUT2D eigenvalue weighted by Gasteiger charge is -2.16. The van der Waals surface area contributed by atoms with Gasteiger partial charge in [0.15, 0.2) is 0 Å². The van der Waals surface area contributed by atoms with Crippen LogP contribution in [0.2, 0.25) is 0 Å². The molecule has 0 saturated carbocycles. The number of hydrogen-bond donors (Lipinski definition) is 1. The average molecular weight is 289 g/mol. The Balaban J connectivity index is 1.96. The van der Waals surface area contributed by atoms with E-state index in [1.807, 2.05) is 0 Å². The van der Waals surface area contributed by atoms with Crippen molar-refractivity contribution >= 4 is 38.7 Å². The number of aryl methyl sites for hydroxylation is 1. The molecular weight excluding hydrogens is 274 g/mol. The molecule has 0 aliphatic rings. The molecule has 1 N–H and O–H groups in total. The van der Waals surface area contributed by atoms with Crippen LogP contribution in [-0.4, -0.2) is 9.97 Å². The molecule has 98 valence electrons. The SMILES string of the molecule is CCC(Nc1ncnc2c(C)csc12)c1cccs1. The van der Waals surface area contributed by atoms with E-state index < -0.39 is 0 Å². The molecule has 3 heterocycles. The van der Waals surface area contributed by atoms with E-state index in [-0.39, 0.29) is 0 Å². The molecule has 0 radical (unpaired) electrons. The van der Waals surface area contributed by atoms with Gasteiger partial charge in [-0.2, -0.15) is 0 Å². The Morgan fingerprint density at radius 3 is 2.95 bits per heavy atom. The van der Waals surface area contributed by atoms with Crippen LogP contribution >= 0.6 is 22.7 Å². The Bertz CT molecular complexity index is 673. The van der Waals surface area contributed by atoms with Crippen LogP contribution < -0.4 is 5.32 Å². The van der Waals surface area contributed by atoms with Gasteiger partial charge in [-0.3, -0.25) is 0 Å². The third-order valence-corrected chi connectivity index (χ3v) is 5.22. The van der Waals surface area contributed by atoms with Crippen LogP contribution in [0, 0.1) is 6.92 Å². The highest BCUT2D eigenvalue weighted by Crippen LogP contribution is 2.32. The maximum absolute atomic E-state index is 4.41. The number of thiophene rings is 2. The van der Waals surface area contributed by atoms with Crippen LogP contribution in [0.15, 0.2) is 29.2 Å². The van der Waals surface area contributed by atoms with Crippen molar-refractivity contribution in [1.29, 1.82) is 0 Å². The number of rotatable bonds is 4. The Kier molecular flexibility index (Phi) is 3.48. The van der Waals surface area contributed by atoms with Gasteiger partial charge in [0.05, 0.1) is 16.3 Å². The smallest absolute Gasteiger partial charge is 0.147 e. The molecule has 0 spiro atoms. The number of nitrogens with zero attached hydrogens (tertiary/aromatic N) is 2. The Hall–Kier alpha value is -1.46. The first-order chi connectivity index (χ1) is 9.29. The molecule has 3 aromatic rings. The molecular formula is C14H15N3S2. The van der Waals surface area contributed by atoms with Crippen molar-refractivity contribution < 1.29 is 0 Å². The second-order valence-electron chi connectivity index (χ2n) is 4.44. The normalized spacial score (nSPS) is 12.7. The van der Waals surface area contributed by atoms with E-state index in [9.17, 15) is 0 Å². The van der Waals surface area contributed by atoms with Crippen molar-refractivity contribution in [3.63, 3.8) is 0 Å². The Morgan fingerprint density at radius 1 is 1.32 bits per heavy atom. The zero-order valence-electron chi connectivity index (χ0n) is 10.9. The van der Waals surface area contributed by atoms with Crippen molar-refractivity contribution in [2.75, 3.05) is 5.32 Å². The lowest BCUT2D eigenvalue weighted by Crippen LogP contribution is -2.09. The number of hydrogen-bond acceptors (Lipinski definition) is 5. The zero-order chi connectivity index (χ0) is 13.2. The lowest BCUT2D eigenvalue weighted by atomic mass is 10.2. The van der Waals surface area contributed by atoms with Crippen molar-refractivity contribution in [1.82, 2.24) is 9.97 Å². The minimum Gasteiger partial charge on any atom is -0.361 e. The summed E-state index contributed by atoms with van der Waals surface area (Å²) in [5, 5.41) is 7.81. The summed E-state index contributed by atoms with van der Waals surface area (Å²) in [6.45, 7) is 4.28. The van der Waals surface area contributed by atoms with Crippen LogP contribution in [0.5, 0.6) is 0 Å². The maximum atomic E-state index is 4.41. The minimum absolute atomic E-state index is 0.320. The van der Waals surface area contributed by atoms with E-state index in [1.165, 1.54) is 10.4 Å². The average Bonchev–Trinajstić information content (AvgIpc) is 3.07. The molecule has 1 atom stereocenters. The van der Waals surface area contributed by atoms with Gasteiger partial charge in [0, 0.05) is 4.88 Å². The van der Waals surface area contributed by atoms with Gasteiger partial charge in [-0.05, 0) is 35.7 Å². The zero-order valence-corrected chi connectivity index (χ0v) is 12.5. The third-order valence-electron chi connectivity index (χ3n) is 3.14. The first-order valence-corrected chi connectivity index (χ1v) is 8.04. The maximum Gasteiger partial charge on any atom is 0.147 e. The van der Waals surface area contributed by atoms with Gasteiger partial charge in [-0.1, -0.05) is 13.0 Å². The summed E-state index contributed by atoms with van der Waals surface area (Å²) < 4.78 is 1.15. The summed E-state index contributed by atoms with van der Waals surface area (Å²) in [6.07, 6.45) is 2.68. The van der Waals surface area contributed by atoms with Gasteiger partial charge >= 0.3 is 0 Å². The van der Waals surface area contributed by atoms with Gasteiger partial charge in [0.25, 0.3) is 0 Å². The molecule has 0 aromatic carbocycles. The van der Waals surface area contributed by atoms with Crippen LogP contribution in [0.4, 0.5) is 5.82 Å². The summed E-state index contributed by atoms with van der Waals surface area (Å²) in [7, 11) is 0. The molecule has 0 amide bonds. The predicted octanol–water partition coefficient (Wildman–Crippen LogP) is 4.62. The molecule has 0 fully saturated rings. The minimum atomic E-state index is 0.320. The van der Waals surface area contributed by atoms with Crippen molar-refractivity contribution in [2.45, 2.75) is 26.3 Å². The molecule has 19 heavy (non-hydrogen) atoms. The highest BCUT2D eigenvalue weighted by molar-refractivity contribution is 7.18. The van der Waals surface area contributed by atoms with Gasteiger partial charge in [0.2, 0.25) is 0 Å². The fourth-order valence-corrected chi connectivity index (χ4v) is 3.92. The molecule has 3 aromatic heterocycles. The van der Waals surface area contributed by atoms with Crippen LogP contribution in [-0.2, 0) is 0 Å². The van der Waals surface area contributed by atoms with Gasteiger partial charge in [-0.25, -0.2) is 9.97 Å². The molecule has 3 rings (SSSR count). The first kappa shape index (κ1) is 12.6. The molecule has 0 saturated heterocycles. The van der Waals surface area contributed by atoms with Crippen LogP contribution in [0.25, 0.3) is 10.2 Å². The van der Waals surface area contributed by atoms with E-state index >= 15 is 0 Å². The van der Waals surface area contributed by atoms with Gasteiger partial charge in [0.1, 0.15) is 12.1 Å². The summed E-state index contributed by atoms with van der Waals surface area (Å²) in [5.74, 6) is 0.948. The van der Waals surface area contributed by atoms with Crippen LogP contribution in [0.1, 0.15) is 29.8 Å². The van der Waals surface area contributed by atoms with E-state index in [0.717, 1.165) is 22.5 Å². The fraction of sp³-hybridized carbons (Fsp3) is 0.286. The highest BCUT2D eigenvalue weighted by Gasteiger charge is 2.14. The van der Waals surface area contributed by atoms with Gasteiger partial charge < -0.3 is 5.32 Å². The van der Waals surface area contributed by atoms with Crippen molar-refractivity contribution in [3.05, 3.63) is 39.7 Å². The summed E-state index contributed by atoms with van der Waals surface area (Å²) in [5.41, 5.74) is 2.28. The summed E-state index contributed by atoms with van der Waals surface area (Å²) in [6, 6.07) is 4.58. The van der Waals surface area contributed by atoms with Gasteiger partial charge in [-0.15, -0.1) is 22.7 Å². The fourth-order valence-electron chi connectivity index (χ4n) is 2.10. The Labute approximate surface area is 120 Å². The quantitative estimate of drug-likeness (QED) is 0.761. The summed E-state index contributed by atoms with van der Waals surface area (Å²) in [4.78, 5) is 10.1. The second kappa shape index (κ2) is 5.27.